The highest BCUT2D eigenvalue weighted by molar-refractivity contribution is 5.77. The maximum atomic E-state index is 11.9. The summed E-state index contributed by atoms with van der Waals surface area (Å²) >= 11 is 0. The molecule has 1 fully saturated rings. The minimum atomic E-state index is -0.841. The van der Waals surface area contributed by atoms with E-state index in [1.165, 1.54) is 11.8 Å². The van der Waals surface area contributed by atoms with E-state index < -0.39 is 17.1 Å². The van der Waals surface area contributed by atoms with Gasteiger partial charge in [-0.2, -0.15) is 4.68 Å². The molecule has 1 aromatic heterocycles. The van der Waals surface area contributed by atoms with Crippen LogP contribution in [-0.2, 0) is 33.7 Å². The molecule has 0 bridgehead atoms. The lowest BCUT2D eigenvalue weighted by molar-refractivity contribution is -0.186. The summed E-state index contributed by atoms with van der Waals surface area (Å²) in [5.74, 6) is -0.605. The topological polar surface area (TPSA) is 83.6 Å². The summed E-state index contributed by atoms with van der Waals surface area (Å²) in [4.78, 5) is 23.8. The summed E-state index contributed by atoms with van der Waals surface area (Å²) in [6.07, 6.45) is 1.25. The fourth-order valence-corrected chi connectivity index (χ4v) is 2.57. The van der Waals surface area contributed by atoms with E-state index in [1.807, 2.05) is 30.3 Å². The number of aryl methyl sites for hydroxylation is 2. The molecule has 7 heteroatoms. The van der Waals surface area contributed by atoms with Crippen molar-refractivity contribution in [3.05, 3.63) is 52.3 Å². The molecular formula is C16H18N2O5. The second-order valence-electron chi connectivity index (χ2n) is 5.67. The standard InChI is InChI=1S/C16H18N2O5/c1-21-14(19)16(10-22-11-16)9-18-15(20)23-13(17-18)8-7-12-5-3-2-4-6-12/h2-6H,7-11H2,1H3. The van der Waals surface area contributed by atoms with Crippen LogP contribution in [0.25, 0.3) is 0 Å². The normalized spacial score (nSPS) is 15.9. The molecule has 122 valence electrons. The van der Waals surface area contributed by atoms with Crippen LogP contribution in [0.1, 0.15) is 11.5 Å². The molecule has 1 aromatic carbocycles. The van der Waals surface area contributed by atoms with Gasteiger partial charge in [0.2, 0.25) is 5.89 Å². The molecule has 0 saturated carbocycles. The predicted molar refractivity (Wildman–Crippen MR) is 79.9 cm³/mol. The smallest absolute Gasteiger partial charge is 0.437 e. The van der Waals surface area contributed by atoms with Crippen LogP contribution in [0, 0.1) is 5.41 Å². The Labute approximate surface area is 132 Å². The molecule has 23 heavy (non-hydrogen) atoms. The lowest BCUT2D eigenvalue weighted by atomic mass is 9.86. The number of carbonyl (C=O) groups excluding carboxylic acids is 1. The third-order valence-electron chi connectivity index (χ3n) is 3.95. The van der Waals surface area contributed by atoms with Gasteiger partial charge >= 0.3 is 11.7 Å². The Morgan fingerprint density at radius 2 is 2.04 bits per heavy atom. The van der Waals surface area contributed by atoms with Gasteiger partial charge in [0.05, 0.1) is 26.9 Å². The maximum Gasteiger partial charge on any atom is 0.437 e. The fraction of sp³-hybridized carbons (Fsp3) is 0.438. The molecular weight excluding hydrogens is 300 g/mol. The van der Waals surface area contributed by atoms with Crippen molar-refractivity contribution >= 4 is 5.97 Å². The molecule has 1 aliphatic rings. The molecule has 7 nitrogen and oxygen atoms in total. The van der Waals surface area contributed by atoms with Crippen LogP contribution >= 0.6 is 0 Å². The first-order valence-electron chi connectivity index (χ1n) is 7.40. The Kier molecular flexibility index (Phi) is 4.29. The number of hydrogen-bond donors (Lipinski definition) is 0. The summed E-state index contributed by atoms with van der Waals surface area (Å²) in [6.45, 7) is 0.546. The lowest BCUT2D eigenvalue weighted by Crippen LogP contribution is -2.53. The zero-order valence-electron chi connectivity index (χ0n) is 12.9. The third kappa shape index (κ3) is 3.19. The summed E-state index contributed by atoms with van der Waals surface area (Å²) in [5, 5.41) is 4.18. The fourth-order valence-electron chi connectivity index (χ4n) is 2.57. The van der Waals surface area contributed by atoms with Crippen LogP contribution in [0.3, 0.4) is 0 Å². The number of methoxy groups -OCH3 is 1. The number of aromatic nitrogens is 2. The van der Waals surface area contributed by atoms with E-state index in [1.54, 1.807) is 0 Å². The number of nitrogens with zero attached hydrogens (tertiary/aromatic N) is 2. The van der Waals surface area contributed by atoms with E-state index in [0.29, 0.717) is 12.3 Å². The molecule has 0 N–H and O–H groups in total. The molecule has 0 aliphatic carbocycles. The van der Waals surface area contributed by atoms with Gasteiger partial charge in [-0.05, 0) is 12.0 Å². The summed E-state index contributed by atoms with van der Waals surface area (Å²) in [6, 6.07) is 9.88. The van der Waals surface area contributed by atoms with Gasteiger partial charge in [-0.15, -0.1) is 5.10 Å². The molecule has 2 heterocycles. The monoisotopic (exact) mass is 318 g/mol. The van der Waals surface area contributed by atoms with Gasteiger partial charge in [-0.25, -0.2) is 4.79 Å². The number of carbonyl (C=O) groups is 1. The largest absolute Gasteiger partial charge is 0.468 e. The van der Waals surface area contributed by atoms with E-state index in [-0.39, 0.29) is 19.8 Å². The van der Waals surface area contributed by atoms with Crippen molar-refractivity contribution in [2.75, 3.05) is 20.3 Å². The van der Waals surface area contributed by atoms with Crippen molar-refractivity contribution in [2.24, 2.45) is 5.41 Å². The highest BCUT2D eigenvalue weighted by Crippen LogP contribution is 2.30. The van der Waals surface area contributed by atoms with Crippen LogP contribution in [0.2, 0.25) is 0 Å². The van der Waals surface area contributed by atoms with Crippen molar-refractivity contribution < 1.29 is 18.7 Å². The van der Waals surface area contributed by atoms with E-state index in [4.69, 9.17) is 13.9 Å². The van der Waals surface area contributed by atoms with E-state index in [0.717, 1.165) is 12.0 Å². The second kappa shape index (κ2) is 6.37. The summed E-state index contributed by atoms with van der Waals surface area (Å²) in [5.41, 5.74) is 0.301. The van der Waals surface area contributed by atoms with Gasteiger partial charge in [0.15, 0.2) is 0 Å². The summed E-state index contributed by atoms with van der Waals surface area (Å²) < 4.78 is 16.2. The van der Waals surface area contributed by atoms with E-state index >= 15 is 0 Å². The Balaban J connectivity index is 1.69. The maximum absolute atomic E-state index is 11.9. The average molecular weight is 318 g/mol. The molecule has 0 unspecified atom stereocenters. The molecule has 0 spiro atoms. The zero-order chi connectivity index (χ0) is 16.3. The van der Waals surface area contributed by atoms with Crippen molar-refractivity contribution in [2.45, 2.75) is 19.4 Å². The van der Waals surface area contributed by atoms with Gasteiger partial charge in [0.1, 0.15) is 5.41 Å². The highest BCUT2D eigenvalue weighted by atomic mass is 16.5. The SMILES string of the molecule is COC(=O)C1(Cn2nc(CCc3ccccc3)oc2=O)COC1. The van der Waals surface area contributed by atoms with Gasteiger partial charge < -0.3 is 13.9 Å². The first-order chi connectivity index (χ1) is 11.1. The zero-order valence-corrected chi connectivity index (χ0v) is 12.9. The molecule has 0 atom stereocenters. The number of rotatable bonds is 6. The van der Waals surface area contributed by atoms with Crippen molar-refractivity contribution in [1.29, 1.82) is 0 Å². The van der Waals surface area contributed by atoms with Gasteiger partial charge in [0.25, 0.3) is 0 Å². The predicted octanol–water partition coefficient (Wildman–Crippen LogP) is 0.811. The molecule has 0 amide bonds. The Bertz CT molecular complexity index is 730. The first-order valence-corrected chi connectivity index (χ1v) is 7.40. The van der Waals surface area contributed by atoms with Crippen LogP contribution in [0.4, 0.5) is 0 Å². The van der Waals surface area contributed by atoms with Crippen LogP contribution in [0.15, 0.2) is 39.5 Å². The molecule has 1 saturated heterocycles. The van der Waals surface area contributed by atoms with Crippen LogP contribution in [0.5, 0.6) is 0 Å². The number of benzene rings is 1. The average Bonchev–Trinajstić information content (AvgIpc) is 2.89. The van der Waals surface area contributed by atoms with Crippen LogP contribution in [-0.4, -0.2) is 36.1 Å². The van der Waals surface area contributed by atoms with E-state index in [9.17, 15) is 9.59 Å². The van der Waals surface area contributed by atoms with Gasteiger partial charge in [-0.1, -0.05) is 30.3 Å². The van der Waals surface area contributed by atoms with Crippen molar-refractivity contribution in [3.8, 4) is 0 Å². The minimum Gasteiger partial charge on any atom is -0.468 e. The van der Waals surface area contributed by atoms with Gasteiger partial charge in [0, 0.05) is 6.42 Å². The quantitative estimate of drug-likeness (QED) is 0.733. The first kappa shape index (κ1) is 15.5. The lowest BCUT2D eigenvalue weighted by Gasteiger charge is -2.37. The highest BCUT2D eigenvalue weighted by Gasteiger charge is 2.48. The minimum absolute atomic E-state index is 0.105. The molecule has 1 aliphatic heterocycles. The molecule has 3 rings (SSSR count). The van der Waals surface area contributed by atoms with Crippen molar-refractivity contribution in [3.63, 3.8) is 0 Å². The Hall–Kier alpha value is -2.41. The Morgan fingerprint density at radius 3 is 2.65 bits per heavy atom. The summed E-state index contributed by atoms with van der Waals surface area (Å²) in [7, 11) is 1.32. The number of hydrogen-bond acceptors (Lipinski definition) is 6. The Morgan fingerprint density at radius 1 is 1.30 bits per heavy atom. The van der Waals surface area contributed by atoms with E-state index in [2.05, 4.69) is 5.10 Å². The number of esters is 1. The molecule has 2 aromatic rings. The number of ether oxygens (including phenoxy) is 2. The van der Waals surface area contributed by atoms with Crippen LogP contribution < -0.4 is 5.76 Å². The van der Waals surface area contributed by atoms with Crippen molar-refractivity contribution in [1.82, 2.24) is 9.78 Å². The third-order valence-corrected chi connectivity index (χ3v) is 3.95. The molecule has 0 radical (unpaired) electrons. The second-order valence-corrected chi connectivity index (χ2v) is 5.67. The van der Waals surface area contributed by atoms with Gasteiger partial charge in [-0.3, -0.25) is 4.79 Å².